The summed E-state index contributed by atoms with van der Waals surface area (Å²) in [6.07, 6.45) is 1.03. The van der Waals surface area contributed by atoms with Crippen LogP contribution in [0, 0.1) is 5.92 Å². The fourth-order valence-electron chi connectivity index (χ4n) is 2.34. The predicted octanol–water partition coefficient (Wildman–Crippen LogP) is 2.85. The van der Waals surface area contributed by atoms with E-state index < -0.39 is 5.38 Å². The molecule has 0 bridgehead atoms. The predicted molar refractivity (Wildman–Crippen MR) is 76.2 cm³/mol. The van der Waals surface area contributed by atoms with Gasteiger partial charge >= 0.3 is 0 Å². The van der Waals surface area contributed by atoms with Gasteiger partial charge < -0.3 is 9.64 Å². The summed E-state index contributed by atoms with van der Waals surface area (Å²) in [4.78, 5) is 14.3. The van der Waals surface area contributed by atoms with E-state index in [2.05, 4.69) is 0 Å². The molecule has 1 aliphatic heterocycles. The summed E-state index contributed by atoms with van der Waals surface area (Å²) in [6.45, 7) is 4.97. The molecule has 4 heteroatoms. The van der Waals surface area contributed by atoms with Crippen molar-refractivity contribution in [2.45, 2.75) is 18.7 Å². The molecule has 1 saturated heterocycles. The van der Waals surface area contributed by atoms with E-state index in [1.165, 1.54) is 0 Å². The van der Waals surface area contributed by atoms with Crippen LogP contribution in [0.1, 0.15) is 24.3 Å². The van der Waals surface area contributed by atoms with Gasteiger partial charge in [0.15, 0.2) is 0 Å². The van der Waals surface area contributed by atoms with Crippen LogP contribution < -0.4 is 0 Å². The van der Waals surface area contributed by atoms with Crippen LogP contribution in [-0.2, 0) is 9.53 Å². The van der Waals surface area contributed by atoms with Gasteiger partial charge in [-0.3, -0.25) is 4.79 Å². The molecule has 0 spiro atoms. The lowest BCUT2D eigenvalue weighted by atomic mass is 10.1. The molecule has 3 nitrogen and oxygen atoms in total. The summed E-state index contributed by atoms with van der Waals surface area (Å²) in [5.74, 6) is 0.436. The molecule has 1 aromatic carbocycles. The Labute approximate surface area is 119 Å². The molecule has 19 heavy (non-hydrogen) atoms. The van der Waals surface area contributed by atoms with Gasteiger partial charge in [-0.25, -0.2) is 0 Å². The molecule has 0 N–H and O–H groups in total. The summed E-state index contributed by atoms with van der Waals surface area (Å²) in [6, 6.07) is 9.51. The van der Waals surface area contributed by atoms with Gasteiger partial charge in [0.25, 0.3) is 0 Å². The lowest BCUT2D eigenvalue weighted by molar-refractivity contribution is -0.131. The van der Waals surface area contributed by atoms with Crippen molar-refractivity contribution in [1.82, 2.24) is 4.90 Å². The molecule has 1 fully saturated rings. The van der Waals surface area contributed by atoms with Crippen molar-refractivity contribution in [2.24, 2.45) is 5.92 Å². The Kier molecular flexibility index (Phi) is 5.23. The number of hydrogen-bond acceptors (Lipinski definition) is 2. The zero-order chi connectivity index (χ0) is 13.7. The Bertz CT molecular complexity index is 404. The SMILES string of the molecule is CCN(CC1CCOC1)C(=O)C(Cl)c1ccccc1. The Morgan fingerprint density at radius 2 is 2.21 bits per heavy atom. The van der Waals surface area contributed by atoms with Crippen LogP contribution >= 0.6 is 11.6 Å². The van der Waals surface area contributed by atoms with Crippen molar-refractivity contribution in [3.63, 3.8) is 0 Å². The highest BCUT2D eigenvalue weighted by atomic mass is 35.5. The minimum atomic E-state index is -0.594. The molecule has 1 aliphatic rings. The summed E-state index contributed by atoms with van der Waals surface area (Å²) >= 11 is 6.29. The van der Waals surface area contributed by atoms with Gasteiger partial charge in [0, 0.05) is 25.6 Å². The zero-order valence-corrected chi connectivity index (χ0v) is 12.0. The number of hydrogen-bond donors (Lipinski definition) is 0. The minimum absolute atomic E-state index is 0.0118. The molecule has 1 amide bonds. The second-order valence-corrected chi connectivity index (χ2v) is 5.32. The summed E-state index contributed by atoms with van der Waals surface area (Å²) in [5, 5.41) is -0.594. The number of carbonyl (C=O) groups is 1. The Morgan fingerprint density at radius 1 is 1.47 bits per heavy atom. The average molecular weight is 282 g/mol. The standard InChI is InChI=1S/C15H20ClNO2/c1-2-17(10-12-8-9-19-11-12)15(18)14(16)13-6-4-3-5-7-13/h3-7,12,14H,2,8-11H2,1H3. The van der Waals surface area contributed by atoms with Gasteiger partial charge in [-0.05, 0) is 18.9 Å². The van der Waals surface area contributed by atoms with Crippen molar-refractivity contribution < 1.29 is 9.53 Å². The van der Waals surface area contributed by atoms with Gasteiger partial charge in [0.05, 0.1) is 6.61 Å². The topological polar surface area (TPSA) is 29.5 Å². The summed E-state index contributed by atoms with van der Waals surface area (Å²) in [5.41, 5.74) is 0.857. The van der Waals surface area contributed by atoms with Gasteiger partial charge in [-0.1, -0.05) is 30.3 Å². The number of nitrogens with zero attached hydrogens (tertiary/aromatic N) is 1. The highest BCUT2D eigenvalue weighted by molar-refractivity contribution is 6.30. The molecule has 1 aromatic rings. The van der Waals surface area contributed by atoms with Crippen LogP contribution in [0.2, 0.25) is 0 Å². The zero-order valence-electron chi connectivity index (χ0n) is 11.2. The molecule has 0 aliphatic carbocycles. The molecular weight excluding hydrogens is 262 g/mol. The van der Waals surface area contributed by atoms with Crippen LogP contribution in [0.5, 0.6) is 0 Å². The molecule has 104 valence electrons. The van der Waals surface area contributed by atoms with E-state index in [-0.39, 0.29) is 5.91 Å². The van der Waals surface area contributed by atoms with Crippen LogP contribution in [0.25, 0.3) is 0 Å². The van der Waals surface area contributed by atoms with E-state index in [1.54, 1.807) is 0 Å². The van der Waals surface area contributed by atoms with E-state index in [9.17, 15) is 4.79 Å². The molecule has 2 rings (SSSR count). The van der Waals surface area contributed by atoms with Crippen molar-refractivity contribution in [2.75, 3.05) is 26.3 Å². The Balaban J connectivity index is 1.99. The second-order valence-electron chi connectivity index (χ2n) is 4.88. The first-order valence-corrected chi connectivity index (χ1v) is 7.21. The monoisotopic (exact) mass is 281 g/mol. The summed E-state index contributed by atoms with van der Waals surface area (Å²) in [7, 11) is 0. The second kappa shape index (κ2) is 6.92. The van der Waals surface area contributed by atoms with Gasteiger partial charge in [-0.2, -0.15) is 0 Å². The molecule has 2 atom stereocenters. The van der Waals surface area contributed by atoms with Crippen LogP contribution in [0.3, 0.4) is 0 Å². The number of carbonyl (C=O) groups excluding carboxylic acids is 1. The Hall–Kier alpha value is -1.06. The van der Waals surface area contributed by atoms with Crippen molar-refractivity contribution >= 4 is 17.5 Å². The first-order chi connectivity index (χ1) is 9.22. The first kappa shape index (κ1) is 14.4. The maximum atomic E-state index is 12.4. The largest absolute Gasteiger partial charge is 0.381 e. The average Bonchev–Trinajstić information content (AvgIpc) is 2.97. The van der Waals surface area contributed by atoms with Crippen LogP contribution in [0.4, 0.5) is 0 Å². The minimum Gasteiger partial charge on any atom is -0.381 e. The summed E-state index contributed by atoms with van der Waals surface area (Å²) < 4.78 is 5.36. The van der Waals surface area contributed by atoms with Crippen molar-refractivity contribution in [1.29, 1.82) is 0 Å². The third kappa shape index (κ3) is 3.71. The van der Waals surface area contributed by atoms with Crippen molar-refractivity contribution in [3.05, 3.63) is 35.9 Å². The van der Waals surface area contributed by atoms with Gasteiger partial charge in [-0.15, -0.1) is 11.6 Å². The molecule has 1 heterocycles. The normalized spacial score (nSPS) is 20.2. The fraction of sp³-hybridized carbons (Fsp3) is 0.533. The van der Waals surface area contributed by atoms with Crippen LogP contribution in [0.15, 0.2) is 30.3 Å². The maximum Gasteiger partial charge on any atom is 0.245 e. The number of rotatable bonds is 5. The molecule has 0 saturated carbocycles. The van der Waals surface area contributed by atoms with Gasteiger partial charge in [0.1, 0.15) is 5.38 Å². The number of alkyl halides is 1. The third-order valence-electron chi connectivity index (χ3n) is 3.51. The lowest BCUT2D eigenvalue weighted by Crippen LogP contribution is -2.37. The highest BCUT2D eigenvalue weighted by Crippen LogP contribution is 2.24. The third-order valence-corrected chi connectivity index (χ3v) is 3.94. The smallest absolute Gasteiger partial charge is 0.245 e. The fourth-order valence-corrected chi connectivity index (χ4v) is 2.62. The number of benzene rings is 1. The van der Waals surface area contributed by atoms with Crippen LogP contribution in [-0.4, -0.2) is 37.1 Å². The van der Waals surface area contributed by atoms with E-state index in [0.29, 0.717) is 12.5 Å². The van der Waals surface area contributed by atoms with E-state index in [0.717, 1.165) is 31.7 Å². The molecule has 0 aromatic heterocycles. The first-order valence-electron chi connectivity index (χ1n) is 6.78. The van der Waals surface area contributed by atoms with E-state index in [1.807, 2.05) is 42.2 Å². The van der Waals surface area contributed by atoms with Crippen molar-refractivity contribution in [3.8, 4) is 0 Å². The lowest BCUT2D eigenvalue weighted by Gasteiger charge is -2.26. The quantitative estimate of drug-likeness (QED) is 0.777. The van der Waals surface area contributed by atoms with E-state index >= 15 is 0 Å². The van der Waals surface area contributed by atoms with Gasteiger partial charge in [0.2, 0.25) is 5.91 Å². The number of likely N-dealkylation sites (N-methyl/N-ethyl adjacent to an activating group) is 1. The number of ether oxygens (including phenoxy) is 1. The molecular formula is C15H20ClNO2. The van der Waals surface area contributed by atoms with E-state index in [4.69, 9.17) is 16.3 Å². The number of amides is 1. The molecule has 0 radical (unpaired) electrons. The maximum absolute atomic E-state index is 12.4. The Morgan fingerprint density at radius 3 is 2.79 bits per heavy atom. The highest BCUT2D eigenvalue weighted by Gasteiger charge is 2.26. The number of halogens is 1. The molecule has 2 unspecified atom stereocenters.